The number of nitrogens with zero attached hydrogens (tertiary/aromatic N) is 4. The van der Waals surface area contributed by atoms with Crippen LogP contribution >= 0.6 is 0 Å². The molecule has 1 aliphatic heterocycles. The third-order valence-corrected chi connectivity index (χ3v) is 8.19. The van der Waals surface area contributed by atoms with E-state index in [1.165, 1.54) is 40.1 Å². The molecule has 0 fully saturated rings. The Morgan fingerprint density at radius 1 is 1.02 bits per heavy atom. The standard InChI is InChI=1S/C35H33F4N5O3/c1-5-21(3)33(46)42(4)20-27-29-28(22-15-17-25(36)18-16-22)30(40-31(45)23-11-10-12-24(19-23)35(37,38)39)34(47)43(6-2)32(29)44(41-27)26-13-8-7-9-14-26/h5,7-19,28,30H,6,20H2,1-4H3,(H,40,45)/b21-5+/t28-,30-/m0/s1. The summed E-state index contributed by atoms with van der Waals surface area (Å²) in [5.74, 6) is -2.75. The lowest BCUT2D eigenvalue weighted by molar-refractivity contribution is -0.137. The summed E-state index contributed by atoms with van der Waals surface area (Å²) in [5, 5.41) is 7.60. The van der Waals surface area contributed by atoms with Gasteiger partial charge in [-0.25, -0.2) is 9.07 Å². The number of halogens is 4. The van der Waals surface area contributed by atoms with Gasteiger partial charge in [0.2, 0.25) is 5.91 Å². The van der Waals surface area contributed by atoms with Crippen LogP contribution in [0.1, 0.15) is 59.4 Å². The molecule has 2 atom stereocenters. The van der Waals surface area contributed by atoms with E-state index in [-0.39, 0.29) is 24.6 Å². The highest BCUT2D eigenvalue weighted by molar-refractivity contribution is 6.05. The highest BCUT2D eigenvalue weighted by Crippen LogP contribution is 2.44. The van der Waals surface area contributed by atoms with Crippen molar-refractivity contribution in [1.82, 2.24) is 20.0 Å². The number of anilines is 1. The number of aromatic nitrogens is 2. The fraction of sp³-hybridized carbons (Fsp3) is 0.257. The number of benzene rings is 3. The number of allylic oxidation sites excluding steroid dienone is 1. The largest absolute Gasteiger partial charge is 0.416 e. The molecule has 0 aliphatic carbocycles. The fourth-order valence-electron chi connectivity index (χ4n) is 5.75. The molecule has 244 valence electrons. The molecular weight excluding hydrogens is 614 g/mol. The number of hydrogen-bond donors (Lipinski definition) is 1. The zero-order valence-corrected chi connectivity index (χ0v) is 26.2. The minimum absolute atomic E-state index is 0.0178. The molecule has 2 heterocycles. The molecule has 1 aliphatic rings. The minimum Gasteiger partial charge on any atom is -0.339 e. The van der Waals surface area contributed by atoms with Crippen LogP contribution < -0.4 is 10.2 Å². The number of hydrogen-bond acceptors (Lipinski definition) is 4. The van der Waals surface area contributed by atoms with E-state index in [1.54, 1.807) is 38.6 Å². The average Bonchev–Trinajstić information content (AvgIpc) is 3.43. The smallest absolute Gasteiger partial charge is 0.339 e. The van der Waals surface area contributed by atoms with E-state index < -0.39 is 41.3 Å². The van der Waals surface area contributed by atoms with Crippen LogP contribution in [-0.2, 0) is 22.3 Å². The number of fused-ring (bicyclic) bond motifs is 1. The number of nitrogens with one attached hydrogen (secondary N) is 1. The summed E-state index contributed by atoms with van der Waals surface area (Å²) >= 11 is 0. The topological polar surface area (TPSA) is 87.5 Å². The predicted molar refractivity (Wildman–Crippen MR) is 168 cm³/mol. The van der Waals surface area contributed by atoms with E-state index in [0.717, 1.165) is 18.2 Å². The van der Waals surface area contributed by atoms with Crippen LogP contribution in [0.25, 0.3) is 5.69 Å². The molecule has 3 aromatic carbocycles. The molecule has 12 heteroatoms. The van der Waals surface area contributed by atoms with Crippen molar-refractivity contribution in [2.75, 3.05) is 18.5 Å². The van der Waals surface area contributed by atoms with E-state index in [2.05, 4.69) is 5.32 Å². The molecule has 3 amide bonds. The molecule has 5 rings (SSSR count). The Labute approximate surface area is 269 Å². The zero-order valence-electron chi connectivity index (χ0n) is 26.2. The summed E-state index contributed by atoms with van der Waals surface area (Å²) in [6.07, 6.45) is -2.99. The Hall–Kier alpha value is -5.26. The van der Waals surface area contributed by atoms with E-state index in [1.807, 2.05) is 30.3 Å². The van der Waals surface area contributed by atoms with E-state index >= 15 is 0 Å². The zero-order chi connectivity index (χ0) is 34.0. The van der Waals surface area contributed by atoms with Crippen LogP contribution in [0.4, 0.5) is 23.4 Å². The van der Waals surface area contributed by atoms with Gasteiger partial charge in [0.05, 0.1) is 23.5 Å². The van der Waals surface area contributed by atoms with E-state index in [9.17, 15) is 31.9 Å². The normalized spacial score (nSPS) is 16.6. The van der Waals surface area contributed by atoms with Crippen molar-refractivity contribution < 1.29 is 31.9 Å². The van der Waals surface area contributed by atoms with Crippen LogP contribution in [0.3, 0.4) is 0 Å². The van der Waals surface area contributed by atoms with Crippen molar-refractivity contribution in [3.63, 3.8) is 0 Å². The number of alkyl halides is 3. The molecule has 1 aromatic heterocycles. The lowest BCUT2D eigenvalue weighted by Gasteiger charge is -2.38. The second-order valence-electron chi connectivity index (χ2n) is 11.2. The molecule has 0 bridgehead atoms. The summed E-state index contributed by atoms with van der Waals surface area (Å²) < 4.78 is 56.2. The SMILES string of the molecule is C/C=C(\C)C(=O)N(C)Cc1nn(-c2ccccc2)c2c1[C@H](c1ccc(F)cc1)[C@H](NC(=O)c1cccc(C(F)(F)F)c1)C(=O)N2CC. The van der Waals surface area contributed by atoms with Crippen molar-refractivity contribution in [3.05, 3.63) is 124 Å². The fourth-order valence-corrected chi connectivity index (χ4v) is 5.75. The van der Waals surface area contributed by atoms with Crippen LogP contribution in [0.15, 0.2) is 90.5 Å². The van der Waals surface area contributed by atoms with Gasteiger partial charge in [0.1, 0.15) is 17.7 Å². The molecule has 8 nitrogen and oxygen atoms in total. The maximum absolute atomic E-state index is 14.4. The van der Waals surface area contributed by atoms with Gasteiger partial charge in [0.15, 0.2) is 0 Å². The monoisotopic (exact) mass is 647 g/mol. The molecule has 4 aromatic rings. The van der Waals surface area contributed by atoms with Crippen LogP contribution in [0.2, 0.25) is 0 Å². The van der Waals surface area contributed by atoms with Crippen molar-refractivity contribution in [2.45, 2.75) is 45.5 Å². The molecule has 0 saturated carbocycles. The van der Waals surface area contributed by atoms with Gasteiger partial charge in [-0.3, -0.25) is 19.3 Å². The maximum atomic E-state index is 14.4. The third-order valence-electron chi connectivity index (χ3n) is 8.19. The highest BCUT2D eigenvalue weighted by atomic mass is 19.4. The van der Waals surface area contributed by atoms with Crippen LogP contribution in [-0.4, -0.2) is 52.0 Å². The Balaban J connectivity index is 1.72. The second kappa shape index (κ2) is 13.2. The van der Waals surface area contributed by atoms with Gasteiger partial charge < -0.3 is 10.2 Å². The quantitative estimate of drug-likeness (QED) is 0.181. The Kier molecular flexibility index (Phi) is 9.32. The summed E-state index contributed by atoms with van der Waals surface area (Å²) in [6, 6.07) is 17.1. The first-order chi connectivity index (χ1) is 22.3. The van der Waals surface area contributed by atoms with Gasteiger partial charge in [-0.05, 0) is 68.8 Å². The Morgan fingerprint density at radius 3 is 2.32 bits per heavy atom. The molecular formula is C35H33F4N5O3. The number of amides is 3. The van der Waals surface area contributed by atoms with E-state index in [4.69, 9.17) is 5.10 Å². The van der Waals surface area contributed by atoms with Crippen molar-refractivity contribution in [3.8, 4) is 5.69 Å². The lowest BCUT2D eigenvalue weighted by atomic mass is 9.80. The number of rotatable bonds is 8. The summed E-state index contributed by atoms with van der Waals surface area (Å²) in [5.41, 5.74) is 1.23. The molecule has 47 heavy (non-hydrogen) atoms. The van der Waals surface area contributed by atoms with Crippen molar-refractivity contribution >= 4 is 23.5 Å². The summed E-state index contributed by atoms with van der Waals surface area (Å²) in [6.45, 7) is 5.36. The average molecular weight is 648 g/mol. The number of para-hydroxylation sites is 1. The molecule has 0 saturated heterocycles. The molecule has 0 radical (unpaired) electrons. The van der Waals surface area contributed by atoms with E-state index in [0.29, 0.717) is 33.9 Å². The molecule has 1 N–H and O–H groups in total. The first kappa shape index (κ1) is 33.1. The van der Waals surface area contributed by atoms with Gasteiger partial charge in [0.25, 0.3) is 11.8 Å². The maximum Gasteiger partial charge on any atom is 0.416 e. The van der Waals surface area contributed by atoms with Gasteiger partial charge in [0, 0.05) is 36.2 Å². The Bertz CT molecular complexity index is 1830. The molecule has 0 unspecified atom stereocenters. The summed E-state index contributed by atoms with van der Waals surface area (Å²) in [7, 11) is 1.62. The Morgan fingerprint density at radius 2 is 1.70 bits per heavy atom. The third kappa shape index (κ3) is 6.53. The second-order valence-corrected chi connectivity index (χ2v) is 11.2. The van der Waals surface area contributed by atoms with Crippen molar-refractivity contribution in [1.29, 1.82) is 0 Å². The van der Waals surface area contributed by atoms with Crippen molar-refractivity contribution in [2.24, 2.45) is 0 Å². The first-order valence-corrected chi connectivity index (χ1v) is 15.0. The summed E-state index contributed by atoms with van der Waals surface area (Å²) in [4.78, 5) is 44.0. The molecule has 0 spiro atoms. The lowest BCUT2D eigenvalue weighted by Crippen LogP contribution is -2.55. The predicted octanol–water partition coefficient (Wildman–Crippen LogP) is 6.25. The van der Waals surface area contributed by atoms with Crippen LogP contribution in [0, 0.1) is 5.82 Å². The number of carbonyl (C=O) groups is 3. The van der Waals surface area contributed by atoms with Crippen LogP contribution in [0.5, 0.6) is 0 Å². The minimum atomic E-state index is -4.68. The number of likely N-dealkylation sites (N-methyl/N-ethyl adjacent to an activating group) is 2. The van der Waals surface area contributed by atoms with Gasteiger partial charge >= 0.3 is 6.18 Å². The number of carbonyl (C=O) groups excluding carboxylic acids is 3. The first-order valence-electron chi connectivity index (χ1n) is 15.0. The van der Waals surface area contributed by atoms with Gasteiger partial charge in [-0.2, -0.15) is 18.3 Å². The van der Waals surface area contributed by atoms with Gasteiger partial charge in [-0.1, -0.05) is 42.5 Å². The highest BCUT2D eigenvalue weighted by Gasteiger charge is 2.46. The van der Waals surface area contributed by atoms with Gasteiger partial charge in [-0.15, -0.1) is 0 Å².